The summed E-state index contributed by atoms with van der Waals surface area (Å²) in [6.07, 6.45) is 2.34. The average molecular weight is 142 g/mol. The van der Waals surface area contributed by atoms with Crippen molar-refractivity contribution in [2.45, 2.75) is 6.42 Å². The van der Waals surface area contributed by atoms with E-state index in [1.807, 2.05) is 0 Å². The molecule has 0 aromatic carbocycles. The van der Waals surface area contributed by atoms with Crippen LogP contribution in [0.4, 0.5) is 0 Å². The molecule has 0 saturated carbocycles. The maximum Gasteiger partial charge on any atom is 0.190 e. The summed E-state index contributed by atoms with van der Waals surface area (Å²) in [5.74, 6) is 0. The van der Waals surface area contributed by atoms with Gasteiger partial charge in [-0.1, -0.05) is 0 Å². The first kappa shape index (κ1) is 6.58. The Morgan fingerprint density at radius 2 is 2.10 bits per heavy atom. The Kier molecular flexibility index (Phi) is 1.88. The van der Waals surface area contributed by atoms with Crippen molar-refractivity contribution in [2.75, 3.05) is 32.9 Å². The molecule has 2 aliphatic heterocycles. The molecule has 1 radical (unpaired) electrons. The Hall–Kier alpha value is -0.120. The largest absolute Gasteiger partial charge is 0.374 e. The molecule has 0 N–H and O–H groups in total. The standard InChI is InChI=1S/C7H12NO2/c1-2-8(3-1)7-6-9-4-5-10-7/h1-6H2. The molecule has 0 unspecified atom stereocenters. The van der Waals surface area contributed by atoms with Crippen molar-refractivity contribution < 1.29 is 9.47 Å². The van der Waals surface area contributed by atoms with Gasteiger partial charge in [0.15, 0.2) is 6.23 Å². The van der Waals surface area contributed by atoms with Crippen molar-refractivity contribution in [1.29, 1.82) is 0 Å². The molecule has 2 fully saturated rings. The predicted molar refractivity (Wildman–Crippen MR) is 36.2 cm³/mol. The molecule has 0 atom stereocenters. The predicted octanol–water partition coefficient (Wildman–Crippen LogP) is 0.228. The van der Waals surface area contributed by atoms with E-state index in [1.165, 1.54) is 6.42 Å². The molecule has 3 nitrogen and oxygen atoms in total. The van der Waals surface area contributed by atoms with Crippen molar-refractivity contribution in [3.8, 4) is 0 Å². The molecule has 0 aliphatic carbocycles. The van der Waals surface area contributed by atoms with E-state index in [0.717, 1.165) is 32.5 Å². The zero-order valence-corrected chi connectivity index (χ0v) is 6.01. The van der Waals surface area contributed by atoms with Gasteiger partial charge in [-0.05, 0) is 6.42 Å². The third-order valence-electron chi connectivity index (χ3n) is 1.93. The van der Waals surface area contributed by atoms with Crippen LogP contribution in [0.25, 0.3) is 0 Å². The monoisotopic (exact) mass is 142 g/mol. The maximum atomic E-state index is 5.40. The number of rotatable bonds is 1. The lowest BCUT2D eigenvalue weighted by Gasteiger charge is -2.38. The first-order chi connectivity index (χ1) is 4.97. The Bertz CT molecular complexity index is 108. The van der Waals surface area contributed by atoms with Gasteiger partial charge in [0.05, 0.1) is 19.8 Å². The topological polar surface area (TPSA) is 21.7 Å². The van der Waals surface area contributed by atoms with E-state index in [9.17, 15) is 0 Å². The molecule has 57 valence electrons. The van der Waals surface area contributed by atoms with Gasteiger partial charge in [-0.2, -0.15) is 0 Å². The number of hydrogen-bond donors (Lipinski definition) is 0. The van der Waals surface area contributed by atoms with Gasteiger partial charge in [0.25, 0.3) is 0 Å². The lowest BCUT2D eigenvalue weighted by Crippen LogP contribution is -2.45. The van der Waals surface area contributed by atoms with Crippen LogP contribution in [-0.2, 0) is 9.47 Å². The van der Waals surface area contributed by atoms with E-state index in [4.69, 9.17) is 9.47 Å². The summed E-state index contributed by atoms with van der Waals surface area (Å²) < 4.78 is 10.6. The van der Waals surface area contributed by atoms with Gasteiger partial charge in [0.1, 0.15) is 0 Å². The van der Waals surface area contributed by atoms with Crippen LogP contribution in [0.3, 0.4) is 0 Å². The first-order valence-electron chi connectivity index (χ1n) is 3.78. The molecule has 2 rings (SSSR count). The fourth-order valence-corrected chi connectivity index (χ4v) is 1.17. The molecule has 2 heterocycles. The van der Waals surface area contributed by atoms with Crippen LogP contribution in [-0.4, -0.2) is 37.8 Å². The Morgan fingerprint density at radius 1 is 1.20 bits per heavy atom. The smallest absolute Gasteiger partial charge is 0.190 e. The molecule has 0 aromatic rings. The van der Waals surface area contributed by atoms with Crippen LogP contribution in [0, 0.1) is 6.23 Å². The highest BCUT2D eigenvalue weighted by molar-refractivity contribution is 4.86. The second-order valence-electron chi connectivity index (χ2n) is 2.64. The highest BCUT2D eigenvalue weighted by Crippen LogP contribution is 2.20. The van der Waals surface area contributed by atoms with Crippen molar-refractivity contribution in [2.24, 2.45) is 0 Å². The third kappa shape index (κ3) is 1.17. The Balaban J connectivity index is 1.78. The summed E-state index contributed by atoms with van der Waals surface area (Å²) in [7, 11) is 0. The van der Waals surface area contributed by atoms with E-state index in [2.05, 4.69) is 4.90 Å². The Morgan fingerprint density at radius 3 is 2.60 bits per heavy atom. The zero-order valence-electron chi connectivity index (χ0n) is 6.01. The highest BCUT2D eigenvalue weighted by atomic mass is 16.6. The van der Waals surface area contributed by atoms with Crippen molar-refractivity contribution in [3.05, 3.63) is 6.23 Å². The van der Waals surface area contributed by atoms with Gasteiger partial charge in [0.2, 0.25) is 0 Å². The average Bonchev–Trinajstić information content (AvgIpc) is 1.86. The van der Waals surface area contributed by atoms with Gasteiger partial charge in [-0.25, -0.2) is 0 Å². The molecule has 3 heteroatoms. The molecule has 2 aliphatic rings. The molecule has 0 amide bonds. The molecular formula is C7H12NO2. The normalized spacial score (nSPS) is 30.0. The van der Waals surface area contributed by atoms with Crippen molar-refractivity contribution in [3.63, 3.8) is 0 Å². The van der Waals surface area contributed by atoms with Crippen LogP contribution in [0.1, 0.15) is 6.42 Å². The summed E-state index contributed by atoms with van der Waals surface area (Å²) in [6, 6.07) is 0. The highest BCUT2D eigenvalue weighted by Gasteiger charge is 2.27. The van der Waals surface area contributed by atoms with Gasteiger partial charge in [-0.15, -0.1) is 0 Å². The van der Waals surface area contributed by atoms with Crippen molar-refractivity contribution in [1.82, 2.24) is 4.90 Å². The lowest BCUT2D eigenvalue weighted by atomic mass is 10.2. The first-order valence-corrected chi connectivity index (χ1v) is 3.78. The van der Waals surface area contributed by atoms with E-state index < -0.39 is 0 Å². The van der Waals surface area contributed by atoms with E-state index in [0.29, 0.717) is 6.61 Å². The van der Waals surface area contributed by atoms with Crippen LogP contribution >= 0.6 is 0 Å². The number of hydrogen-bond acceptors (Lipinski definition) is 3. The Labute approximate surface area is 60.9 Å². The quantitative estimate of drug-likeness (QED) is 0.523. The fraction of sp³-hybridized carbons (Fsp3) is 0.857. The molecule has 0 bridgehead atoms. The summed E-state index contributed by atoms with van der Waals surface area (Å²) in [5.41, 5.74) is 0. The van der Waals surface area contributed by atoms with Crippen LogP contribution in [0.15, 0.2) is 0 Å². The fourth-order valence-electron chi connectivity index (χ4n) is 1.17. The SMILES string of the molecule is C1CN([C]2COCCO2)C1. The molecule has 0 spiro atoms. The summed E-state index contributed by atoms with van der Waals surface area (Å²) in [6.45, 7) is 4.46. The summed E-state index contributed by atoms with van der Waals surface area (Å²) >= 11 is 0. The van der Waals surface area contributed by atoms with E-state index in [1.54, 1.807) is 0 Å². The molecule has 2 saturated heterocycles. The van der Waals surface area contributed by atoms with Gasteiger partial charge >= 0.3 is 0 Å². The number of ether oxygens (including phenoxy) is 2. The lowest BCUT2D eigenvalue weighted by molar-refractivity contribution is -0.0971. The third-order valence-corrected chi connectivity index (χ3v) is 1.93. The van der Waals surface area contributed by atoms with Crippen LogP contribution in [0.5, 0.6) is 0 Å². The number of likely N-dealkylation sites (tertiary alicyclic amines) is 1. The number of nitrogens with zero attached hydrogens (tertiary/aromatic N) is 1. The summed E-state index contributed by atoms with van der Waals surface area (Å²) in [4.78, 5) is 2.24. The summed E-state index contributed by atoms with van der Waals surface area (Å²) in [5, 5.41) is 0. The maximum absolute atomic E-state index is 5.40. The molecule has 10 heavy (non-hydrogen) atoms. The van der Waals surface area contributed by atoms with Gasteiger partial charge < -0.3 is 9.47 Å². The second kappa shape index (κ2) is 2.86. The zero-order chi connectivity index (χ0) is 6.81. The van der Waals surface area contributed by atoms with E-state index in [-0.39, 0.29) is 0 Å². The second-order valence-corrected chi connectivity index (χ2v) is 2.64. The molecular weight excluding hydrogens is 130 g/mol. The van der Waals surface area contributed by atoms with Crippen LogP contribution < -0.4 is 0 Å². The van der Waals surface area contributed by atoms with E-state index >= 15 is 0 Å². The van der Waals surface area contributed by atoms with Crippen molar-refractivity contribution >= 4 is 0 Å². The minimum Gasteiger partial charge on any atom is -0.374 e. The van der Waals surface area contributed by atoms with Crippen LogP contribution in [0.2, 0.25) is 0 Å². The molecule has 0 aromatic heterocycles. The minimum absolute atomic E-state index is 0.681. The van der Waals surface area contributed by atoms with Gasteiger partial charge in [-0.3, -0.25) is 4.90 Å². The minimum atomic E-state index is 0.681. The van der Waals surface area contributed by atoms with Gasteiger partial charge in [0, 0.05) is 13.1 Å².